The fourth-order valence-corrected chi connectivity index (χ4v) is 5.10. The van der Waals surface area contributed by atoms with Crippen molar-refractivity contribution in [2.24, 2.45) is 5.73 Å². The maximum atomic E-state index is 14.4. The molecule has 3 aromatic carbocycles. The lowest BCUT2D eigenvalue weighted by Crippen LogP contribution is -2.44. The zero-order valence-corrected chi connectivity index (χ0v) is 24.1. The highest BCUT2D eigenvalue weighted by atomic mass is 32.1. The molecule has 0 aliphatic heterocycles. The first-order chi connectivity index (χ1) is 20.3. The molecule has 0 aliphatic rings. The predicted molar refractivity (Wildman–Crippen MR) is 160 cm³/mol. The van der Waals surface area contributed by atoms with Gasteiger partial charge in [-0.05, 0) is 53.8 Å². The molecule has 218 valence electrons. The van der Waals surface area contributed by atoms with Crippen LogP contribution in [0.3, 0.4) is 0 Å². The molecule has 0 saturated heterocycles. The lowest BCUT2D eigenvalue weighted by Gasteiger charge is -2.32. The molecule has 12 heteroatoms. The van der Waals surface area contributed by atoms with Gasteiger partial charge in [0, 0.05) is 6.54 Å². The van der Waals surface area contributed by atoms with E-state index in [0.717, 1.165) is 17.1 Å². The van der Waals surface area contributed by atoms with Gasteiger partial charge in [-0.2, -0.15) is 4.37 Å². The highest BCUT2D eigenvalue weighted by Crippen LogP contribution is 2.40. The number of anilines is 2. The SMILES string of the molecule is CCOc1ccccc1N(C(=O)c1snc(C(N)=O)c1N)[C@H](C(=O)NCc1ccccc1)c1ccc(OC)c(OC)c1. The van der Waals surface area contributed by atoms with E-state index < -0.39 is 23.8 Å². The van der Waals surface area contributed by atoms with Gasteiger partial charge in [0.15, 0.2) is 17.2 Å². The summed E-state index contributed by atoms with van der Waals surface area (Å²) < 4.78 is 20.8. The third-order valence-corrected chi connectivity index (χ3v) is 7.19. The first-order valence-corrected chi connectivity index (χ1v) is 13.7. The largest absolute Gasteiger partial charge is 0.493 e. The summed E-state index contributed by atoms with van der Waals surface area (Å²) in [5, 5.41) is 2.95. The molecule has 0 bridgehead atoms. The van der Waals surface area contributed by atoms with Gasteiger partial charge in [0.1, 0.15) is 16.7 Å². The van der Waals surface area contributed by atoms with Gasteiger partial charge in [-0.3, -0.25) is 19.3 Å². The Hall–Kier alpha value is -5.10. The molecule has 1 heterocycles. The van der Waals surface area contributed by atoms with Crippen molar-refractivity contribution >= 4 is 40.6 Å². The number of carbonyl (C=O) groups is 3. The molecule has 1 aromatic heterocycles. The Labute approximate surface area is 247 Å². The Morgan fingerprint density at radius 3 is 2.29 bits per heavy atom. The van der Waals surface area contributed by atoms with Crippen molar-refractivity contribution in [3.05, 3.63) is 94.5 Å². The molecule has 11 nitrogen and oxygen atoms in total. The van der Waals surface area contributed by atoms with E-state index in [2.05, 4.69) is 9.69 Å². The number of methoxy groups -OCH3 is 2. The van der Waals surface area contributed by atoms with Crippen LogP contribution in [-0.4, -0.2) is 42.9 Å². The van der Waals surface area contributed by atoms with Gasteiger partial charge in [0.25, 0.3) is 11.8 Å². The highest BCUT2D eigenvalue weighted by Gasteiger charge is 2.37. The molecule has 4 rings (SSSR count). The Balaban J connectivity index is 1.92. The number of nitrogens with two attached hydrogens (primary N) is 2. The number of nitrogen functional groups attached to an aromatic ring is 1. The van der Waals surface area contributed by atoms with Gasteiger partial charge < -0.3 is 31.0 Å². The van der Waals surface area contributed by atoms with Crippen LogP contribution in [0.2, 0.25) is 0 Å². The number of hydrogen-bond acceptors (Lipinski definition) is 9. The molecule has 0 spiro atoms. The minimum absolute atomic E-state index is 0.0589. The first-order valence-electron chi connectivity index (χ1n) is 12.9. The number of ether oxygens (including phenoxy) is 3. The van der Waals surface area contributed by atoms with Gasteiger partial charge in [0.05, 0.1) is 32.2 Å². The topological polar surface area (TPSA) is 159 Å². The molecule has 3 amide bonds. The summed E-state index contributed by atoms with van der Waals surface area (Å²) in [5.74, 6) is -0.901. The minimum atomic E-state index is -1.25. The van der Waals surface area contributed by atoms with Crippen LogP contribution in [0.5, 0.6) is 17.2 Å². The maximum absolute atomic E-state index is 14.4. The summed E-state index contributed by atoms with van der Waals surface area (Å²) in [6.07, 6.45) is 0. The van der Waals surface area contributed by atoms with E-state index in [4.69, 9.17) is 25.7 Å². The van der Waals surface area contributed by atoms with Crippen molar-refractivity contribution in [1.82, 2.24) is 9.69 Å². The van der Waals surface area contributed by atoms with Crippen LogP contribution < -0.4 is 35.9 Å². The number of nitrogens with zero attached hydrogens (tertiary/aromatic N) is 2. The van der Waals surface area contributed by atoms with E-state index >= 15 is 0 Å². The van der Waals surface area contributed by atoms with Gasteiger partial charge in [-0.1, -0.05) is 48.5 Å². The molecule has 0 radical (unpaired) electrons. The molecule has 4 aromatic rings. The number of primary amides is 1. The monoisotopic (exact) mass is 589 g/mol. The zero-order valence-electron chi connectivity index (χ0n) is 23.3. The van der Waals surface area contributed by atoms with Gasteiger partial charge in [-0.15, -0.1) is 0 Å². The van der Waals surface area contributed by atoms with Gasteiger partial charge in [0.2, 0.25) is 5.91 Å². The molecule has 0 unspecified atom stereocenters. The average Bonchev–Trinajstić information content (AvgIpc) is 3.40. The standard InChI is InChI=1S/C30H31N5O6S/c1-4-41-21-13-9-8-12-20(21)35(30(38)27-24(31)25(28(32)36)34-42-27)26(19-14-15-22(39-2)23(16-19)40-3)29(37)33-17-18-10-6-5-7-11-18/h5-16,26H,4,17,31H2,1-3H3,(H2,32,36)(H,33,37)/t26-/m0/s1. The minimum Gasteiger partial charge on any atom is -0.493 e. The fourth-order valence-electron chi connectivity index (χ4n) is 4.36. The smallest absolute Gasteiger partial charge is 0.273 e. The van der Waals surface area contributed by atoms with Crippen molar-refractivity contribution in [2.45, 2.75) is 19.5 Å². The van der Waals surface area contributed by atoms with Crippen molar-refractivity contribution in [2.75, 3.05) is 31.5 Å². The van der Waals surface area contributed by atoms with E-state index in [0.29, 0.717) is 35.1 Å². The number of aromatic nitrogens is 1. The molecular weight excluding hydrogens is 558 g/mol. The summed E-state index contributed by atoms with van der Waals surface area (Å²) in [7, 11) is 2.97. The van der Waals surface area contributed by atoms with Crippen LogP contribution in [0.4, 0.5) is 11.4 Å². The van der Waals surface area contributed by atoms with E-state index in [-0.39, 0.29) is 22.8 Å². The zero-order chi connectivity index (χ0) is 30.2. The molecule has 1 atom stereocenters. The van der Waals surface area contributed by atoms with Crippen molar-refractivity contribution in [3.63, 3.8) is 0 Å². The number of rotatable bonds is 12. The Kier molecular flexibility index (Phi) is 9.61. The van der Waals surface area contributed by atoms with Crippen LogP contribution >= 0.6 is 11.5 Å². The number of hydrogen-bond donors (Lipinski definition) is 3. The normalized spacial score (nSPS) is 11.3. The molecule has 0 fully saturated rings. The summed E-state index contributed by atoms with van der Waals surface area (Å²) in [5.41, 5.74) is 12.8. The lowest BCUT2D eigenvalue weighted by atomic mass is 10.0. The van der Waals surface area contributed by atoms with Crippen molar-refractivity contribution < 1.29 is 28.6 Å². The van der Waals surface area contributed by atoms with E-state index in [1.54, 1.807) is 42.5 Å². The van der Waals surface area contributed by atoms with Crippen LogP contribution in [0.25, 0.3) is 0 Å². The van der Waals surface area contributed by atoms with Crippen molar-refractivity contribution in [1.29, 1.82) is 0 Å². The maximum Gasteiger partial charge on any atom is 0.273 e. The van der Waals surface area contributed by atoms with E-state index in [9.17, 15) is 14.4 Å². The Morgan fingerprint density at radius 2 is 1.64 bits per heavy atom. The Bertz CT molecular complexity index is 1580. The summed E-state index contributed by atoms with van der Waals surface area (Å²) in [6, 6.07) is 19.9. The average molecular weight is 590 g/mol. The van der Waals surface area contributed by atoms with Gasteiger partial charge >= 0.3 is 0 Å². The summed E-state index contributed by atoms with van der Waals surface area (Å²) >= 11 is 0.719. The third-order valence-electron chi connectivity index (χ3n) is 6.34. The lowest BCUT2D eigenvalue weighted by molar-refractivity contribution is -0.122. The quantitative estimate of drug-likeness (QED) is 0.224. The third kappa shape index (κ3) is 6.28. The van der Waals surface area contributed by atoms with E-state index in [1.807, 2.05) is 37.3 Å². The molecular formula is C30H31N5O6S. The van der Waals surface area contributed by atoms with Crippen LogP contribution in [0.15, 0.2) is 72.8 Å². The van der Waals surface area contributed by atoms with Crippen LogP contribution in [-0.2, 0) is 11.3 Å². The first kappa shape index (κ1) is 29.9. The van der Waals surface area contributed by atoms with E-state index in [1.165, 1.54) is 19.1 Å². The second-order valence-electron chi connectivity index (χ2n) is 8.93. The number of carbonyl (C=O) groups excluding carboxylic acids is 3. The van der Waals surface area contributed by atoms with Crippen LogP contribution in [0.1, 0.15) is 44.3 Å². The number of nitrogens with one attached hydrogen (secondary N) is 1. The highest BCUT2D eigenvalue weighted by molar-refractivity contribution is 7.09. The molecule has 5 N–H and O–H groups in total. The summed E-state index contributed by atoms with van der Waals surface area (Å²) in [6.45, 7) is 2.31. The second-order valence-corrected chi connectivity index (χ2v) is 9.71. The van der Waals surface area contributed by atoms with Gasteiger partial charge in [-0.25, -0.2) is 0 Å². The molecule has 42 heavy (non-hydrogen) atoms. The Morgan fingerprint density at radius 1 is 0.952 bits per heavy atom. The molecule has 0 saturated carbocycles. The fraction of sp³-hybridized carbons (Fsp3) is 0.200. The summed E-state index contributed by atoms with van der Waals surface area (Å²) in [4.78, 5) is 41.7. The molecule has 0 aliphatic carbocycles. The van der Waals surface area contributed by atoms with Crippen LogP contribution in [0, 0.1) is 0 Å². The second kappa shape index (κ2) is 13.5. The predicted octanol–water partition coefficient (Wildman–Crippen LogP) is 3.94. The number of para-hydroxylation sites is 2. The number of benzene rings is 3. The van der Waals surface area contributed by atoms with Crippen molar-refractivity contribution in [3.8, 4) is 17.2 Å². The number of amides is 3.